The van der Waals surface area contributed by atoms with Crippen molar-refractivity contribution in [3.05, 3.63) is 11.8 Å². The van der Waals surface area contributed by atoms with Gasteiger partial charge in [0.05, 0.1) is 18.9 Å². The zero-order chi connectivity index (χ0) is 13.2. The topological polar surface area (TPSA) is 95.5 Å². The van der Waals surface area contributed by atoms with Crippen LogP contribution < -0.4 is 0 Å². The van der Waals surface area contributed by atoms with Crippen LogP contribution in [0.1, 0.15) is 18.9 Å². The maximum Gasteiger partial charge on any atom is 0.260 e. The first-order valence-corrected chi connectivity index (χ1v) is 7.24. The summed E-state index contributed by atoms with van der Waals surface area (Å²) in [4.78, 5) is 0. The molecule has 1 unspecified atom stereocenters. The normalized spacial score (nSPS) is 22.9. The van der Waals surface area contributed by atoms with Gasteiger partial charge in [-0.1, -0.05) is 0 Å². The standard InChI is InChI=1S/C10H17N3O4S/c1-8-6-13(3-2-4-17-8)18(15,16)10-9(7-14)5-11-12-10/h5,8,14H,2-4,6-7H2,1H3,(H,11,12). The van der Waals surface area contributed by atoms with E-state index in [0.717, 1.165) is 0 Å². The summed E-state index contributed by atoms with van der Waals surface area (Å²) in [6.45, 7) is 2.77. The third-order valence-electron chi connectivity index (χ3n) is 2.86. The highest BCUT2D eigenvalue weighted by atomic mass is 32.2. The van der Waals surface area contributed by atoms with Gasteiger partial charge in [0, 0.05) is 25.3 Å². The summed E-state index contributed by atoms with van der Waals surface area (Å²) in [6, 6.07) is 0. The monoisotopic (exact) mass is 275 g/mol. The summed E-state index contributed by atoms with van der Waals surface area (Å²) in [5.41, 5.74) is 0.285. The molecule has 1 aliphatic heterocycles. The van der Waals surface area contributed by atoms with Gasteiger partial charge < -0.3 is 9.84 Å². The lowest BCUT2D eigenvalue weighted by Crippen LogP contribution is -2.36. The van der Waals surface area contributed by atoms with Crippen molar-refractivity contribution in [3.8, 4) is 0 Å². The first kappa shape index (κ1) is 13.5. The van der Waals surface area contributed by atoms with Gasteiger partial charge in [-0.3, -0.25) is 5.10 Å². The summed E-state index contributed by atoms with van der Waals surface area (Å²) < 4.78 is 31.6. The molecule has 102 valence electrons. The van der Waals surface area contributed by atoms with Gasteiger partial charge in [0.2, 0.25) is 0 Å². The SMILES string of the molecule is CC1CN(S(=O)(=O)c2[nH]ncc2CO)CCCO1. The van der Waals surface area contributed by atoms with Crippen LogP contribution in [-0.4, -0.2) is 53.8 Å². The van der Waals surface area contributed by atoms with Gasteiger partial charge >= 0.3 is 0 Å². The first-order chi connectivity index (χ1) is 8.55. The smallest absolute Gasteiger partial charge is 0.260 e. The number of aliphatic hydroxyl groups excluding tert-OH is 1. The van der Waals surface area contributed by atoms with E-state index < -0.39 is 10.0 Å². The second kappa shape index (κ2) is 5.35. The molecule has 0 amide bonds. The number of nitrogens with zero attached hydrogens (tertiary/aromatic N) is 2. The molecule has 8 heteroatoms. The Morgan fingerprint density at radius 3 is 3.17 bits per heavy atom. The molecule has 0 radical (unpaired) electrons. The molecule has 2 N–H and O–H groups in total. The third kappa shape index (κ3) is 2.56. The van der Waals surface area contributed by atoms with E-state index in [1.807, 2.05) is 6.92 Å². The molecule has 1 aliphatic rings. The van der Waals surface area contributed by atoms with Crippen LogP contribution >= 0.6 is 0 Å². The minimum Gasteiger partial charge on any atom is -0.392 e. The second-order valence-electron chi connectivity index (χ2n) is 4.28. The minimum atomic E-state index is -3.64. The average molecular weight is 275 g/mol. The van der Waals surface area contributed by atoms with Crippen molar-refractivity contribution in [2.24, 2.45) is 0 Å². The van der Waals surface area contributed by atoms with E-state index in [-0.39, 0.29) is 23.3 Å². The zero-order valence-corrected chi connectivity index (χ0v) is 11.0. The third-order valence-corrected chi connectivity index (χ3v) is 4.74. The lowest BCUT2D eigenvalue weighted by Gasteiger charge is -2.21. The lowest BCUT2D eigenvalue weighted by atomic mass is 10.4. The molecule has 7 nitrogen and oxygen atoms in total. The van der Waals surface area contributed by atoms with Crippen molar-refractivity contribution >= 4 is 10.0 Å². The molecular formula is C10H17N3O4S. The maximum atomic E-state index is 12.4. The van der Waals surface area contributed by atoms with Gasteiger partial charge in [-0.05, 0) is 13.3 Å². The molecule has 1 aromatic rings. The number of H-pyrrole nitrogens is 1. The number of nitrogens with one attached hydrogen (secondary N) is 1. The minimum absolute atomic E-state index is 0.0286. The van der Waals surface area contributed by atoms with Crippen LogP contribution in [0.25, 0.3) is 0 Å². The summed E-state index contributed by atoms with van der Waals surface area (Å²) in [7, 11) is -3.64. The Labute approximate surface area is 106 Å². The molecule has 1 saturated heterocycles. The first-order valence-electron chi connectivity index (χ1n) is 5.80. The second-order valence-corrected chi connectivity index (χ2v) is 6.16. The number of ether oxygens (including phenoxy) is 1. The highest BCUT2D eigenvalue weighted by Gasteiger charge is 2.30. The summed E-state index contributed by atoms with van der Waals surface area (Å²) in [5.74, 6) is 0. The fourth-order valence-corrected chi connectivity index (χ4v) is 3.59. The van der Waals surface area contributed by atoms with Crippen LogP contribution in [0.15, 0.2) is 11.2 Å². The quantitative estimate of drug-likeness (QED) is 0.789. The fourth-order valence-electron chi connectivity index (χ4n) is 1.94. The molecule has 1 fully saturated rings. The largest absolute Gasteiger partial charge is 0.392 e. The van der Waals surface area contributed by atoms with Crippen molar-refractivity contribution in [2.45, 2.75) is 31.1 Å². The Morgan fingerprint density at radius 1 is 1.67 bits per heavy atom. The number of aromatic nitrogens is 2. The van der Waals surface area contributed by atoms with E-state index in [1.165, 1.54) is 10.5 Å². The molecule has 1 aromatic heterocycles. The molecule has 18 heavy (non-hydrogen) atoms. The van der Waals surface area contributed by atoms with Crippen LogP contribution in [0.2, 0.25) is 0 Å². The number of rotatable bonds is 3. The number of hydrogen-bond acceptors (Lipinski definition) is 5. The molecule has 1 atom stereocenters. The Hall–Kier alpha value is -0.960. The van der Waals surface area contributed by atoms with Crippen LogP contribution in [0.5, 0.6) is 0 Å². The van der Waals surface area contributed by atoms with E-state index in [2.05, 4.69) is 10.2 Å². The number of aliphatic hydroxyl groups is 1. The lowest BCUT2D eigenvalue weighted by molar-refractivity contribution is 0.0751. The highest BCUT2D eigenvalue weighted by Crippen LogP contribution is 2.20. The van der Waals surface area contributed by atoms with E-state index >= 15 is 0 Å². The van der Waals surface area contributed by atoms with Crippen LogP contribution in [0.3, 0.4) is 0 Å². The Morgan fingerprint density at radius 2 is 2.44 bits per heavy atom. The van der Waals surface area contributed by atoms with Crippen molar-refractivity contribution < 1.29 is 18.3 Å². The van der Waals surface area contributed by atoms with E-state index in [1.54, 1.807) is 0 Å². The molecule has 2 rings (SSSR count). The number of sulfonamides is 1. The van der Waals surface area contributed by atoms with E-state index in [4.69, 9.17) is 9.84 Å². The van der Waals surface area contributed by atoms with Crippen molar-refractivity contribution in [3.63, 3.8) is 0 Å². The highest BCUT2D eigenvalue weighted by molar-refractivity contribution is 7.89. The molecule has 0 spiro atoms. The molecule has 0 aliphatic carbocycles. The predicted molar refractivity (Wildman–Crippen MR) is 63.3 cm³/mol. The van der Waals surface area contributed by atoms with Crippen molar-refractivity contribution in [2.75, 3.05) is 19.7 Å². The average Bonchev–Trinajstić information content (AvgIpc) is 2.71. The van der Waals surface area contributed by atoms with E-state index in [9.17, 15) is 8.42 Å². The van der Waals surface area contributed by atoms with Gasteiger partial charge in [0.25, 0.3) is 10.0 Å². The van der Waals surface area contributed by atoms with Gasteiger partial charge in [0.15, 0.2) is 5.03 Å². The van der Waals surface area contributed by atoms with Gasteiger partial charge in [-0.2, -0.15) is 9.40 Å². The molecule has 2 heterocycles. The van der Waals surface area contributed by atoms with Crippen LogP contribution in [-0.2, 0) is 21.4 Å². The number of hydrogen-bond donors (Lipinski definition) is 2. The van der Waals surface area contributed by atoms with Crippen molar-refractivity contribution in [1.82, 2.24) is 14.5 Å². The Balaban J connectivity index is 2.30. The summed E-state index contributed by atoms with van der Waals surface area (Å²) in [5, 5.41) is 15.2. The summed E-state index contributed by atoms with van der Waals surface area (Å²) >= 11 is 0. The zero-order valence-electron chi connectivity index (χ0n) is 10.2. The van der Waals surface area contributed by atoms with Gasteiger partial charge in [-0.15, -0.1) is 0 Å². The fraction of sp³-hybridized carbons (Fsp3) is 0.700. The molecular weight excluding hydrogens is 258 g/mol. The summed E-state index contributed by atoms with van der Waals surface area (Å²) in [6.07, 6.45) is 1.85. The van der Waals surface area contributed by atoms with Crippen molar-refractivity contribution in [1.29, 1.82) is 0 Å². The molecule has 0 saturated carbocycles. The Kier molecular flexibility index (Phi) is 4.00. The Bertz CT molecular complexity index is 499. The number of aromatic amines is 1. The van der Waals surface area contributed by atoms with Crippen LogP contribution in [0.4, 0.5) is 0 Å². The molecule has 0 bridgehead atoms. The van der Waals surface area contributed by atoms with Gasteiger partial charge in [0.1, 0.15) is 0 Å². The molecule has 0 aromatic carbocycles. The van der Waals surface area contributed by atoms with E-state index in [0.29, 0.717) is 26.1 Å². The van der Waals surface area contributed by atoms with Gasteiger partial charge in [-0.25, -0.2) is 8.42 Å². The van der Waals surface area contributed by atoms with Crippen LogP contribution in [0, 0.1) is 0 Å². The predicted octanol–water partition coefficient (Wildman–Crippen LogP) is -0.299. The maximum absolute atomic E-state index is 12.4.